The Morgan fingerprint density at radius 2 is 1.13 bits per heavy atom. The van der Waals surface area contributed by atoms with Crippen LogP contribution in [0.5, 0.6) is 0 Å². The number of carbonyl (C=O) groups excluding carboxylic acids is 2. The number of carboxylic acid groups (broad SMARTS) is 2. The summed E-state index contributed by atoms with van der Waals surface area (Å²) in [5, 5.41) is 21.2. The first-order valence-electron chi connectivity index (χ1n) is 6.38. The van der Waals surface area contributed by atoms with Gasteiger partial charge in [-0.25, -0.2) is 0 Å². The van der Waals surface area contributed by atoms with Crippen molar-refractivity contribution in [1.29, 1.82) is 0 Å². The third-order valence-corrected chi connectivity index (χ3v) is 3.42. The van der Waals surface area contributed by atoms with Crippen molar-refractivity contribution >= 4 is 35.1 Å². The molecule has 0 aliphatic carbocycles. The van der Waals surface area contributed by atoms with Gasteiger partial charge in [-0.05, 0) is 38.1 Å². The molecule has 0 fully saturated rings. The van der Waals surface area contributed by atoms with Crippen LogP contribution in [0.4, 0.5) is 11.4 Å². The van der Waals surface area contributed by atoms with Crippen molar-refractivity contribution in [2.45, 2.75) is 23.6 Å². The van der Waals surface area contributed by atoms with E-state index in [1.807, 2.05) is 11.8 Å². The molecule has 23 heavy (non-hydrogen) atoms. The molecule has 0 atom stereocenters. The number of nitrogens with one attached hydrogen (secondary N) is 1. The maximum atomic E-state index is 8.89. The number of rotatable bonds is 0. The summed E-state index contributed by atoms with van der Waals surface area (Å²) < 4.78 is 0. The van der Waals surface area contributed by atoms with Crippen molar-refractivity contribution in [3.05, 3.63) is 48.5 Å². The molecule has 0 bridgehead atoms. The number of hydrogen-bond acceptors (Lipinski definition) is 6. The molecule has 2 aromatic rings. The van der Waals surface area contributed by atoms with Gasteiger partial charge in [-0.15, -0.1) is 0 Å². The molecule has 2 aromatic carbocycles. The van der Waals surface area contributed by atoms with Crippen LogP contribution < -0.4 is 15.5 Å². The number of hydrogen-bond donors (Lipinski definition) is 1. The molecular formula is C16H15CuNO4S. The zero-order chi connectivity index (χ0) is 16.5. The Labute approximate surface area is 149 Å². The minimum absolute atomic E-state index is 0. The van der Waals surface area contributed by atoms with E-state index in [0.29, 0.717) is 0 Å². The van der Waals surface area contributed by atoms with E-state index in [1.54, 1.807) is 0 Å². The molecule has 0 aromatic heterocycles. The minimum Gasteiger partial charge on any atom is -0.550 e. The fourth-order valence-corrected chi connectivity index (χ4v) is 2.57. The molecule has 0 unspecified atom stereocenters. The van der Waals surface area contributed by atoms with E-state index < -0.39 is 11.9 Å². The molecule has 5 nitrogen and oxygen atoms in total. The summed E-state index contributed by atoms with van der Waals surface area (Å²) in [6, 6.07) is 16.8. The van der Waals surface area contributed by atoms with E-state index in [2.05, 4.69) is 53.8 Å². The van der Waals surface area contributed by atoms with Gasteiger partial charge in [-0.3, -0.25) is 0 Å². The Bertz CT molecular complexity index is 557. The van der Waals surface area contributed by atoms with Crippen molar-refractivity contribution in [3.63, 3.8) is 0 Å². The van der Waals surface area contributed by atoms with Crippen LogP contribution >= 0.6 is 11.8 Å². The van der Waals surface area contributed by atoms with Crippen LogP contribution in [0.2, 0.25) is 0 Å². The molecule has 125 valence electrons. The van der Waals surface area contributed by atoms with Gasteiger partial charge in [0.15, 0.2) is 0 Å². The number of aliphatic carboxylic acids is 2. The molecule has 0 saturated heterocycles. The van der Waals surface area contributed by atoms with Crippen molar-refractivity contribution in [2.75, 3.05) is 5.32 Å². The molecule has 7 heteroatoms. The Balaban J connectivity index is 0.000000461. The first-order valence-corrected chi connectivity index (χ1v) is 7.20. The second-order valence-corrected chi connectivity index (χ2v) is 5.29. The summed E-state index contributed by atoms with van der Waals surface area (Å²) in [6.45, 7) is 1.94. The molecule has 1 N–H and O–H groups in total. The van der Waals surface area contributed by atoms with Crippen LogP contribution in [0.15, 0.2) is 58.3 Å². The Kier molecular flexibility index (Phi) is 9.81. The molecule has 0 amide bonds. The van der Waals surface area contributed by atoms with Gasteiger partial charge in [-0.1, -0.05) is 36.0 Å². The molecule has 0 saturated carbocycles. The summed E-state index contributed by atoms with van der Waals surface area (Å²) in [4.78, 5) is 20.4. The smallest absolute Gasteiger partial charge is 0.550 e. The predicted molar refractivity (Wildman–Crippen MR) is 81.7 cm³/mol. The van der Waals surface area contributed by atoms with Gasteiger partial charge in [0.2, 0.25) is 0 Å². The fourth-order valence-electron chi connectivity index (χ4n) is 1.58. The quantitative estimate of drug-likeness (QED) is 0.593. The van der Waals surface area contributed by atoms with Gasteiger partial charge in [0.05, 0.1) is 11.4 Å². The van der Waals surface area contributed by atoms with Crippen molar-refractivity contribution in [3.8, 4) is 0 Å². The first-order chi connectivity index (χ1) is 10.4. The zero-order valence-corrected chi connectivity index (χ0v) is 14.2. The van der Waals surface area contributed by atoms with E-state index in [0.717, 1.165) is 13.8 Å². The number of para-hydroxylation sites is 2. The van der Waals surface area contributed by atoms with Crippen molar-refractivity contribution in [2.24, 2.45) is 0 Å². The first kappa shape index (κ1) is 21.0. The molecule has 1 heterocycles. The molecule has 1 aliphatic rings. The largest absolute Gasteiger partial charge is 2.00 e. The van der Waals surface area contributed by atoms with E-state index in [-0.39, 0.29) is 17.1 Å². The predicted octanol–water partition coefficient (Wildman–Crippen LogP) is 1.40. The van der Waals surface area contributed by atoms with E-state index >= 15 is 0 Å². The summed E-state index contributed by atoms with van der Waals surface area (Å²) in [6.07, 6.45) is 0. The molecular weight excluding hydrogens is 366 g/mol. The molecule has 1 aliphatic heterocycles. The Morgan fingerprint density at radius 1 is 0.826 bits per heavy atom. The third-order valence-electron chi connectivity index (χ3n) is 2.26. The molecule has 0 spiro atoms. The van der Waals surface area contributed by atoms with Gasteiger partial charge < -0.3 is 25.1 Å². The maximum absolute atomic E-state index is 8.89. The average Bonchev–Trinajstić information content (AvgIpc) is 2.44. The second-order valence-electron chi connectivity index (χ2n) is 4.20. The molecule has 3 rings (SSSR count). The number of carbonyl (C=O) groups is 2. The van der Waals surface area contributed by atoms with E-state index in [4.69, 9.17) is 19.8 Å². The van der Waals surface area contributed by atoms with E-state index in [1.165, 1.54) is 21.2 Å². The normalized spacial score (nSPS) is 9.83. The monoisotopic (exact) mass is 380 g/mol. The number of benzene rings is 2. The van der Waals surface area contributed by atoms with Crippen molar-refractivity contribution < 1.29 is 36.9 Å². The van der Waals surface area contributed by atoms with Crippen LogP contribution in [0.25, 0.3) is 0 Å². The fraction of sp³-hybridized carbons (Fsp3) is 0.125. The summed E-state index contributed by atoms with van der Waals surface area (Å²) in [5.41, 5.74) is 2.41. The minimum atomic E-state index is -1.08. The van der Waals surface area contributed by atoms with Crippen LogP contribution in [-0.4, -0.2) is 11.9 Å². The average molecular weight is 381 g/mol. The van der Waals surface area contributed by atoms with Crippen molar-refractivity contribution in [1.82, 2.24) is 0 Å². The van der Waals surface area contributed by atoms with Crippen LogP contribution in [-0.2, 0) is 26.7 Å². The number of anilines is 2. The van der Waals surface area contributed by atoms with Gasteiger partial charge in [0.25, 0.3) is 0 Å². The Morgan fingerprint density at radius 3 is 1.48 bits per heavy atom. The summed E-state index contributed by atoms with van der Waals surface area (Å²) in [7, 11) is 0. The number of carboxylic acids is 2. The van der Waals surface area contributed by atoms with Gasteiger partial charge in [0, 0.05) is 21.7 Å². The topological polar surface area (TPSA) is 92.3 Å². The summed E-state index contributed by atoms with van der Waals surface area (Å²) in [5.74, 6) is -2.17. The van der Waals surface area contributed by atoms with Crippen LogP contribution in [0.1, 0.15) is 13.8 Å². The SMILES string of the molecule is CC(=O)[O-].CC(=O)[O-].[Cu+2].c1ccc2c(c1)Nc1ccccc1S2. The number of fused-ring (bicyclic) bond motifs is 2. The second kappa shape index (κ2) is 10.7. The standard InChI is InChI=1S/C12H9NS.2C2H4O2.Cu/c1-3-7-11-9(5-1)13-10-6-2-4-8-12(10)14-11;2*1-2(3)4;/h1-8,13H;2*1H3,(H,3,4);/q;;;+2/p-2. The molecule has 1 radical (unpaired) electrons. The van der Waals surface area contributed by atoms with Gasteiger partial charge >= 0.3 is 17.1 Å². The van der Waals surface area contributed by atoms with Gasteiger partial charge in [0.1, 0.15) is 0 Å². The van der Waals surface area contributed by atoms with Gasteiger partial charge in [-0.2, -0.15) is 0 Å². The van der Waals surface area contributed by atoms with E-state index in [9.17, 15) is 0 Å². The Hall–Kier alpha value is -1.95. The summed E-state index contributed by atoms with van der Waals surface area (Å²) >= 11 is 1.82. The zero-order valence-electron chi connectivity index (χ0n) is 12.5. The maximum Gasteiger partial charge on any atom is 2.00 e. The van der Waals surface area contributed by atoms with Crippen LogP contribution in [0.3, 0.4) is 0 Å². The van der Waals surface area contributed by atoms with Crippen LogP contribution in [0, 0.1) is 0 Å². The third kappa shape index (κ3) is 8.30.